The van der Waals surface area contributed by atoms with Crippen molar-refractivity contribution in [3.8, 4) is 0 Å². The molecule has 18 heavy (non-hydrogen) atoms. The number of rotatable bonds is 3. The van der Waals surface area contributed by atoms with Gasteiger partial charge in [0.05, 0.1) is 4.47 Å². The average Bonchev–Trinajstić information content (AvgIpc) is 2.36. The minimum atomic E-state index is -0.268. The minimum Gasteiger partial charge on any atom is -0.367 e. The number of hydrogen-bond donors (Lipinski definition) is 1. The zero-order chi connectivity index (χ0) is 13.2. The predicted molar refractivity (Wildman–Crippen MR) is 78.1 cm³/mol. The fourth-order valence-corrected chi connectivity index (χ4v) is 2.92. The number of hydrogen-bond acceptors (Lipinski definition) is 3. The highest BCUT2D eigenvalue weighted by atomic mass is 79.9. The SMILES string of the molecule is CCOC1(c2ncc(Br)c(=S)[nH]2)CCC(C)CC1. The van der Waals surface area contributed by atoms with Crippen molar-refractivity contribution in [1.82, 2.24) is 9.97 Å². The lowest BCUT2D eigenvalue weighted by Crippen LogP contribution is -2.36. The summed E-state index contributed by atoms with van der Waals surface area (Å²) in [5, 5.41) is 0. The van der Waals surface area contributed by atoms with Crippen molar-refractivity contribution < 1.29 is 4.74 Å². The van der Waals surface area contributed by atoms with E-state index in [4.69, 9.17) is 17.0 Å². The van der Waals surface area contributed by atoms with E-state index in [9.17, 15) is 0 Å². The summed E-state index contributed by atoms with van der Waals surface area (Å²) in [5.41, 5.74) is -0.268. The Hall–Kier alpha value is -0.260. The highest BCUT2D eigenvalue weighted by Gasteiger charge is 2.38. The van der Waals surface area contributed by atoms with Gasteiger partial charge in [-0.2, -0.15) is 0 Å². The van der Waals surface area contributed by atoms with E-state index in [2.05, 4.69) is 32.8 Å². The number of aromatic nitrogens is 2. The van der Waals surface area contributed by atoms with Gasteiger partial charge in [-0.1, -0.05) is 19.1 Å². The number of aromatic amines is 1. The molecular formula is C13H19BrN2OS. The molecule has 0 amide bonds. The maximum atomic E-state index is 6.04. The van der Waals surface area contributed by atoms with E-state index in [-0.39, 0.29) is 5.60 Å². The van der Waals surface area contributed by atoms with Gasteiger partial charge in [-0.05, 0) is 54.5 Å². The molecule has 1 fully saturated rings. The largest absolute Gasteiger partial charge is 0.367 e. The van der Waals surface area contributed by atoms with Crippen molar-refractivity contribution >= 4 is 28.1 Å². The quantitative estimate of drug-likeness (QED) is 0.837. The molecule has 1 heterocycles. The van der Waals surface area contributed by atoms with E-state index < -0.39 is 0 Å². The van der Waals surface area contributed by atoms with Gasteiger partial charge in [-0.25, -0.2) is 4.98 Å². The molecule has 1 aliphatic carbocycles. The number of H-pyrrole nitrogens is 1. The monoisotopic (exact) mass is 330 g/mol. The second-order valence-corrected chi connectivity index (χ2v) is 6.28. The second kappa shape index (κ2) is 5.80. The number of nitrogens with one attached hydrogen (secondary N) is 1. The van der Waals surface area contributed by atoms with Crippen molar-refractivity contribution in [2.75, 3.05) is 6.61 Å². The van der Waals surface area contributed by atoms with Gasteiger partial charge in [0.25, 0.3) is 0 Å². The molecule has 0 saturated heterocycles. The van der Waals surface area contributed by atoms with Crippen LogP contribution in [0, 0.1) is 10.6 Å². The molecular weight excluding hydrogens is 312 g/mol. The predicted octanol–water partition coefficient (Wildman–Crippen LogP) is 4.34. The molecule has 0 aromatic carbocycles. The summed E-state index contributed by atoms with van der Waals surface area (Å²) in [6, 6.07) is 0. The van der Waals surface area contributed by atoms with Gasteiger partial charge in [-0.3, -0.25) is 0 Å². The molecule has 0 unspecified atom stereocenters. The van der Waals surface area contributed by atoms with Crippen LogP contribution in [0.2, 0.25) is 0 Å². The van der Waals surface area contributed by atoms with Crippen molar-refractivity contribution in [1.29, 1.82) is 0 Å². The van der Waals surface area contributed by atoms with E-state index in [1.807, 2.05) is 6.92 Å². The number of halogens is 1. The van der Waals surface area contributed by atoms with Crippen LogP contribution in [-0.4, -0.2) is 16.6 Å². The molecule has 1 aromatic rings. The Bertz CT molecular complexity index is 466. The highest BCUT2D eigenvalue weighted by molar-refractivity contribution is 9.10. The van der Waals surface area contributed by atoms with Gasteiger partial charge >= 0.3 is 0 Å². The maximum absolute atomic E-state index is 6.04. The van der Waals surface area contributed by atoms with Crippen LogP contribution >= 0.6 is 28.1 Å². The lowest BCUT2D eigenvalue weighted by molar-refractivity contribution is -0.0838. The lowest BCUT2D eigenvalue weighted by Gasteiger charge is -2.38. The first kappa shape index (κ1) is 14.2. The third-order valence-corrected chi connectivity index (χ3v) is 4.88. The first-order valence-electron chi connectivity index (χ1n) is 6.46. The van der Waals surface area contributed by atoms with E-state index in [0.29, 0.717) is 11.2 Å². The molecule has 0 radical (unpaired) electrons. The van der Waals surface area contributed by atoms with E-state index in [1.165, 1.54) is 12.8 Å². The fraction of sp³-hybridized carbons (Fsp3) is 0.692. The Kier molecular flexibility index (Phi) is 4.56. The molecule has 5 heteroatoms. The molecule has 0 atom stereocenters. The Morgan fingerprint density at radius 1 is 1.56 bits per heavy atom. The van der Waals surface area contributed by atoms with Crippen molar-refractivity contribution in [3.05, 3.63) is 21.1 Å². The van der Waals surface area contributed by atoms with Crippen molar-refractivity contribution in [3.63, 3.8) is 0 Å². The maximum Gasteiger partial charge on any atom is 0.139 e. The van der Waals surface area contributed by atoms with E-state index in [1.54, 1.807) is 6.20 Å². The molecule has 2 rings (SSSR count). The van der Waals surface area contributed by atoms with Crippen molar-refractivity contribution in [2.45, 2.75) is 45.1 Å². The summed E-state index contributed by atoms with van der Waals surface area (Å²) in [7, 11) is 0. The number of nitrogens with zero attached hydrogens (tertiary/aromatic N) is 1. The van der Waals surface area contributed by atoms with Crippen LogP contribution in [0.5, 0.6) is 0 Å². The Balaban J connectivity index is 2.34. The van der Waals surface area contributed by atoms with Gasteiger partial charge in [0.15, 0.2) is 0 Å². The van der Waals surface area contributed by atoms with Gasteiger partial charge in [-0.15, -0.1) is 0 Å². The Labute approximate surface area is 121 Å². The molecule has 1 aliphatic rings. The van der Waals surface area contributed by atoms with Crippen LogP contribution in [0.25, 0.3) is 0 Å². The van der Waals surface area contributed by atoms with Gasteiger partial charge < -0.3 is 9.72 Å². The molecule has 100 valence electrons. The second-order valence-electron chi connectivity index (χ2n) is 5.02. The first-order valence-corrected chi connectivity index (χ1v) is 7.67. The van der Waals surface area contributed by atoms with Crippen LogP contribution in [-0.2, 0) is 10.3 Å². The number of ether oxygens (including phenoxy) is 1. The molecule has 0 aliphatic heterocycles. The molecule has 0 bridgehead atoms. The average molecular weight is 331 g/mol. The topological polar surface area (TPSA) is 37.9 Å². The molecule has 1 aromatic heterocycles. The van der Waals surface area contributed by atoms with Crippen LogP contribution in [0.3, 0.4) is 0 Å². The Morgan fingerprint density at radius 3 is 2.78 bits per heavy atom. The molecule has 1 saturated carbocycles. The summed E-state index contributed by atoms with van der Waals surface area (Å²) < 4.78 is 7.57. The summed E-state index contributed by atoms with van der Waals surface area (Å²) in [4.78, 5) is 7.70. The van der Waals surface area contributed by atoms with E-state index >= 15 is 0 Å². The normalized spacial score (nSPS) is 28.3. The Morgan fingerprint density at radius 2 is 2.22 bits per heavy atom. The summed E-state index contributed by atoms with van der Waals surface area (Å²) >= 11 is 8.65. The molecule has 3 nitrogen and oxygen atoms in total. The summed E-state index contributed by atoms with van der Waals surface area (Å²) in [6.45, 7) is 5.03. The molecule has 1 N–H and O–H groups in total. The third kappa shape index (κ3) is 2.83. The fourth-order valence-electron chi connectivity index (χ4n) is 2.57. The smallest absolute Gasteiger partial charge is 0.139 e. The zero-order valence-corrected chi connectivity index (χ0v) is 13.2. The molecule has 0 spiro atoms. The van der Waals surface area contributed by atoms with Crippen LogP contribution in [0.1, 0.15) is 45.4 Å². The highest BCUT2D eigenvalue weighted by Crippen LogP contribution is 2.41. The van der Waals surface area contributed by atoms with Gasteiger partial charge in [0, 0.05) is 12.8 Å². The summed E-state index contributed by atoms with van der Waals surface area (Å²) in [6.07, 6.45) is 6.16. The summed E-state index contributed by atoms with van der Waals surface area (Å²) in [5.74, 6) is 1.65. The zero-order valence-electron chi connectivity index (χ0n) is 10.8. The lowest BCUT2D eigenvalue weighted by atomic mass is 9.79. The van der Waals surface area contributed by atoms with Gasteiger partial charge in [0.1, 0.15) is 16.1 Å². The standard InChI is InChI=1S/C13H19BrN2OS/c1-3-17-13(6-4-9(2)5-7-13)12-15-8-10(14)11(18)16-12/h8-9H,3-7H2,1-2H3,(H,15,16,18). The minimum absolute atomic E-state index is 0.268. The van der Waals surface area contributed by atoms with Crippen LogP contribution in [0.4, 0.5) is 0 Å². The van der Waals surface area contributed by atoms with Crippen molar-refractivity contribution in [2.24, 2.45) is 5.92 Å². The van der Waals surface area contributed by atoms with E-state index in [0.717, 1.165) is 29.1 Å². The van der Waals surface area contributed by atoms with Crippen LogP contribution < -0.4 is 0 Å². The van der Waals surface area contributed by atoms with Crippen LogP contribution in [0.15, 0.2) is 10.7 Å². The third-order valence-electron chi connectivity index (χ3n) is 3.69. The van der Waals surface area contributed by atoms with Gasteiger partial charge in [0.2, 0.25) is 0 Å². The first-order chi connectivity index (χ1) is 8.57.